The molecule has 34 heavy (non-hydrogen) atoms. The monoisotopic (exact) mass is 457 g/mol. The molecule has 2 N–H and O–H groups in total. The molecule has 0 saturated carbocycles. The molecule has 4 rings (SSSR count). The van der Waals surface area contributed by atoms with Crippen LogP contribution in [0.25, 0.3) is 5.57 Å². The maximum atomic E-state index is 14.3. The molecule has 0 spiro atoms. The highest BCUT2D eigenvalue weighted by molar-refractivity contribution is 6.36. The van der Waals surface area contributed by atoms with Gasteiger partial charge in [0.2, 0.25) is 5.91 Å². The molecule has 1 heterocycles. The predicted molar refractivity (Wildman–Crippen MR) is 129 cm³/mol. The second kappa shape index (κ2) is 9.31. The topological polar surface area (TPSA) is 78.5 Å². The quantitative estimate of drug-likeness (QED) is 0.522. The molecule has 172 valence electrons. The Balaban J connectivity index is 1.73. The van der Waals surface area contributed by atoms with Crippen LogP contribution in [0.2, 0.25) is 0 Å². The number of nitrogens with zero attached hydrogens (tertiary/aromatic N) is 1. The summed E-state index contributed by atoms with van der Waals surface area (Å²) in [5.74, 6) is -1.70. The molecule has 3 aromatic carbocycles. The van der Waals surface area contributed by atoms with Gasteiger partial charge in [-0.1, -0.05) is 42.0 Å². The van der Waals surface area contributed by atoms with Crippen LogP contribution in [-0.2, 0) is 20.9 Å². The van der Waals surface area contributed by atoms with Gasteiger partial charge in [0, 0.05) is 23.9 Å². The van der Waals surface area contributed by atoms with E-state index >= 15 is 0 Å². The number of hydrogen-bond acceptors (Lipinski definition) is 4. The van der Waals surface area contributed by atoms with Crippen molar-refractivity contribution < 1.29 is 18.8 Å². The Labute approximate surface area is 197 Å². The van der Waals surface area contributed by atoms with E-state index in [0.717, 1.165) is 16.0 Å². The Morgan fingerprint density at radius 1 is 0.912 bits per heavy atom. The first-order chi connectivity index (χ1) is 16.2. The first kappa shape index (κ1) is 22.9. The zero-order chi connectivity index (χ0) is 24.4. The minimum Gasteiger partial charge on any atom is -0.350 e. The summed E-state index contributed by atoms with van der Waals surface area (Å²) in [5.41, 5.74) is 4.32. The second-order valence-corrected chi connectivity index (χ2v) is 8.24. The summed E-state index contributed by atoms with van der Waals surface area (Å²) in [6, 6.07) is 18.5. The number of hydrogen-bond donors (Lipinski definition) is 2. The summed E-state index contributed by atoms with van der Waals surface area (Å²) in [4.78, 5) is 39.2. The molecule has 0 aromatic heterocycles. The Kier molecular flexibility index (Phi) is 6.27. The fraction of sp³-hybridized carbons (Fsp3) is 0.148. The number of nitrogens with one attached hydrogen (secondary N) is 2. The smallest absolute Gasteiger partial charge is 0.278 e. The molecule has 3 aromatic rings. The second-order valence-electron chi connectivity index (χ2n) is 8.24. The number of benzene rings is 3. The minimum atomic E-state index is -0.533. The van der Waals surface area contributed by atoms with Crippen molar-refractivity contribution in [3.05, 3.63) is 100 Å². The fourth-order valence-corrected chi connectivity index (χ4v) is 3.96. The highest BCUT2D eigenvalue weighted by Crippen LogP contribution is 2.33. The van der Waals surface area contributed by atoms with E-state index in [1.165, 1.54) is 13.0 Å². The average Bonchev–Trinajstić information content (AvgIpc) is 3.00. The lowest BCUT2D eigenvalue weighted by molar-refractivity contribution is -0.137. The zero-order valence-electron chi connectivity index (χ0n) is 19.1. The van der Waals surface area contributed by atoms with E-state index in [1.807, 2.05) is 32.0 Å². The molecule has 1 aliphatic rings. The summed E-state index contributed by atoms with van der Waals surface area (Å²) < 4.78 is 14.3. The van der Waals surface area contributed by atoms with Crippen LogP contribution in [0.15, 0.2) is 72.4 Å². The minimum absolute atomic E-state index is 0.126. The van der Waals surface area contributed by atoms with Crippen LogP contribution in [0, 0.1) is 19.7 Å². The lowest BCUT2D eigenvalue weighted by Gasteiger charge is -2.16. The van der Waals surface area contributed by atoms with Crippen molar-refractivity contribution in [2.45, 2.75) is 27.3 Å². The van der Waals surface area contributed by atoms with Gasteiger partial charge in [-0.25, -0.2) is 4.39 Å². The largest absolute Gasteiger partial charge is 0.350 e. The molecule has 0 unspecified atom stereocenters. The highest BCUT2D eigenvalue weighted by atomic mass is 19.1. The lowest BCUT2D eigenvalue weighted by atomic mass is 9.97. The van der Waals surface area contributed by atoms with E-state index in [4.69, 9.17) is 0 Å². The third kappa shape index (κ3) is 4.59. The number of anilines is 2. The Morgan fingerprint density at radius 2 is 1.59 bits per heavy atom. The third-order valence-electron chi connectivity index (χ3n) is 5.58. The molecular formula is C27H24FN3O3. The summed E-state index contributed by atoms with van der Waals surface area (Å²) in [6.45, 7) is 5.07. The standard InChI is InChI=1S/C27H24FN3O3/c1-16-8-13-22(17(2)14-16)24-25(30-21-11-9-20(10-12-21)29-18(3)32)27(34)31(26(24)33)15-19-6-4-5-7-23(19)28/h4-14,30H,15H2,1-3H3,(H,29,32). The van der Waals surface area contributed by atoms with E-state index in [0.29, 0.717) is 16.9 Å². The van der Waals surface area contributed by atoms with Crippen molar-refractivity contribution in [1.29, 1.82) is 0 Å². The van der Waals surface area contributed by atoms with Crippen molar-refractivity contribution in [3.63, 3.8) is 0 Å². The summed E-state index contributed by atoms with van der Waals surface area (Å²) in [5, 5.41) is 5.77. The van der Waals surface area contributed by atoms with Crippen molar-refractivity contribution in [2.24, 2.45) is 0 Å². The van der Waals surface area contributed by atoms with Gasteiger partial charge < -0.3 is 10.6 Å². The highest BCUT2D eigenvalue weighted by Gasteiger charge is 2.40. The molecule has 7 heteroatoms. The van der Waals surface area contributed by atoms with E-state index in [1.54, 1.807) is 42.5 Å². The number of imide groups is 1. The maximum absolute atomic E-state index is 14.3. The number of carbonyl (C=O) groups excluding carboxylic acids is 3. The van der Waals surface area contributed by atoms with E-state index in [-0.39, 0.29) is 29.3 Å². The molecule has 0 bridgehead atoms. The van der Waals surface area contributed by atoms with Crippen molar-refractivity contribution in [3.8, 4) is 0 Å². The molecule has 0 saturated heterocycles. The van der Waals surface area contributed by atoms with E-state index in [2.05, 4.69) is 10.6 Å². The average molecular weight is 458 g/mol. The van der Waals surface area contributed by atoms with Crippen LogP contribution in [0.5, 0.6) is 0 Å². The predicted octanol–water partition coefficient (Wildman–Crippen LogP) is 4.79. The molecular weight excluding hydrogens is 433 g/mol. The van der Waals surface area contributed by atoms with Crippen LogP contribution in [-0.4, -0.2) is 22.6 Å². The van der Waals surface area contributed by atoms with Gasteiger partial charge in [0.05, 0.1) is 12.1 Å². The van der Waals surface area contributed by atoms with Crippen LogP contribution in [0.1, 0.15) is 29.2 Å². The molecule has 1 aliphatic heterocycles. The Morgan fingerprint density at radius 3 is 2.24 bits per heavy atom. The molecule has 6 nitrogen and oxygen atoms in total. The number of amides is 3. The van der Waals surface area contributed by atoms with E-state index < -0.39 is 17.6 Å². The van der Waals surface area contributed by atoms with E-state index in [9.17, 15) is 18.8 Å². The number of halogens is 1. The van der Waals surface area contributed by atoms with Crippen LogP contribution < -0.4 is 10.6 Å². The summed E-state index contributed by atoms with van der Waals surface area (Å²) in [7, 11) is 0. The lowest BCUT2D eigenvalue weighted by Crippen LogP contribution is -2.32. The third-order valence-corrected chi connectivity index (χ3v) is 5.58. The molecule has 0 aliphatic carbocycles. The van der Waals surface area contributed by atoms with Crippen LogP contribution in [0.4, 0.5) is 15.8 Å². The van der Waals surface area contributed by atoms with Gasteiger partial charge in [-0.05, 0) is 55.3 Å². The fourth-order valence-electron chi connectivity index (χ4n) is 3.96. The van der Waals surface area contributed by atoms with Gasteiger partial charge in [-0.15, -0.1) is 0 Å². The van der Waals surface area contributed by atoms with Crippen molar-refractivity contribution in [1.82, 2.24) is 4.90 Å². The molecule has 0 atom stereocenters. The van der Waals surface area contributed by atoms with Gasteiger partial charge in [0.25, 0.3) is 11.8 Å². The first-order valence-corrected chi connectivity index (χ1v) is 10.8. The molecule has 3 amide bonds. The van der Waals surface area contributed by atoms with Gasteiger partial charge in [0.1, 0.15) is 11.5 Å². The van der Waals surface area contributed by atoms with Crippen LogP contribution in [0.3, 0.4) is 0 Å². The molecule has 0 fully saturated rings. The van der Waals surface area contributed by atoms with Gasteiger partial charge in [-0.2, -0.15) is 0 Å². The maximum Gasteiger partial charge on any atom is 0.278 e. The number of carbonyl (C=O) groups is 3. The molecule has 0 radical (unpaired) electrons. The Hall–Kier alpha value is -4.26. The number of aryl methyl sites for hydroxylation is 2. The van der Waals surface area contributed by atoms with Crippen molar-refractivity contribution in [2.75, 3.05) is 10.6 Å². The van der Waals surface area contributed by atoms with Gasteiger partial charge in [-0.3, -0.25) is 19.3 Å². The SMILES string of the molecule is CC(=O)Nc1ccc(NC2=C(c3ccc(C)cc3C)C(=O)N(Cc3ccccc3F)C2=O)cc1. The summed E-state index contributed by atoms with van der Waals surface area (Å²) in [6.07, 6.45) is 0. The normalized spacial score (nSPS) is 13.5. The van der Waals surface area contributed by atoms with Crippen molar-refractivity contribution >= 4 is 34.7 Å². The zero-order valence-corrected chi connectivity index (χ0v) is 19.1. The van der Waals surface area contributed by atoms with Crippen LogP contribution >= 0.6 is 0 Å². The first-order valence-electron chi connectivity index (χ1n) is 10.8. The number of rotatable bonds is 6. The Bertz CT molecular complexity index is 1330. The van der Waals surface area contributed by atoms with Gasteiger partial charge >= 0.3 is 0 Å². The summed E-state index contributed by atoms with van der Waals surface area (Å²) >= 11 is 0. The van der Waals surface area contributed by atoms with Gasteiger partial charge in [0.15, 0.2) is 0 Å².